The van der Waals surface area contributed by atoms with Gasteiger partial charge in [0, 0.05) is 12.1 Å². The van der Waals surface area contributed by atoms with Gasteiger partial charge in [0.2, 0.25) is 0 Å². The molecule has 0 amide bonds. The van der Waals surface area contributed by atoms with E-state index in [0.717, 1.165) is 5.56 Å². The fraction of sp³-hybridized carbons (Fsp3) is 0.250. The summed E-state index contributed by atoms with van der Waals surface area (Å²) < 4.78 is 4.71. The van der Waals surface area contributed by atoms with E-state index in [1.54, 1.807) is 12.1 Å². The number of nitrogens with zero attached hydrogens (tertiary/aromatic N) is 1. The Morgan fingerprint density at radius 3 is 2.46 bits per heavy atom. The van der Waals surface area contributed by atoms with Gasteiger partial charge in [0.1, 0.15) is 6.79 Å². The third-order valence-corrected chi connectivity index (χ3v) is 1.51. The van der Waals surface area contributed by atoms with Crippen molar-refractivity contribution in [1.29, 1.82) is 0 Å². The van der Waals surface area contributed by atoms with Crippen molar-refractivity contribution >= 4 is 5.69 Å². The lowest BCUT2D eigenvalue weighted by molar-refractivity contribution is -0.384. The van der Waals surface area contributed by atoms with E-state index in [0.29, 0.717) is 0 Å². The summed E-state index contributed by atoms with van der Waals surface area (Å²) in [6.45, 7) is -0.0918. The fourth-order valence-electron chi connectivity index (χ4n) is 0.877. The molecule has 0 bridgehead atoms. The molecule has 0 aliphatic carbocycles. The highest BCUT2D eigenvalue weighted by Crippen LogP contribution is 2.12. The summed E-state index contributed by atoms with van der Waals surface area (Å²) in [7, 11) is 0. The third kappa shape index (κ3) is 2.81. The van der Waals surface area contributed by atoms with Gasteiger partial charge in [-0.15, -0.1) is 0 Å². The number of non-ortho nitro benzene ring substituents is 1. The Bertz CT molecular complexity index is 283. The van der Waals surface area contributed by atoms with E-state index < -0.39 is 4.92 Å². The van der Waals surface area contributed by atoms with Crippen molar-refractivity contribution in [3.8, 4) is 0 Å². The maximum Gasteiger partial charge on any atom is 0.269 e. The van der Waals surface area contributed by atoms with Crippen LogP contribution in [-0.4, -0.2) is 16.8 Å². The number of hydrogen-bond donors (Lipinski definition) is 1. The first-order chi connectivity index (χ1) is 6.24. The summed E-state index contributed by atoms with van der Waals surface area (Å²) in [4.78, 5) is 9.80. The van der Waals surface area contributed by atoms with E-state index in [9.17, 15) is 10.1 Å². The van der Waals surface area contributed by atoms with E-state index in [1.165, 1.54) is 12.1 Å². The van der Waals surface area contributed by atoms with Crippen molar-refractivity contribution < 1.29 is 14.8 Å². The van der Waals surface area contributed by atoms with Gasteiger partial charge >= 0.3 is 0 Å². The van der Waals surface area contributed by atoms with Gasteiger partial charge in [0.05, 0.1) is 11.5 Å². The molecule has 5 heteroatoms. The van der Waals surface area contributed by atoms with E-state index in [2.05, 4.69) is 0 Å². The number of rotatable bonds is 4. The molecule has 1 N–H and O–H groups in total. The average Bonchev–Trinajstić information content (AvgIpc) is 2.15. The third-order valence-electron chi connectivity index (χ3n) is 1.51. The van der Waals surface area contributed by atoms with Crippen LogP contribution in [0.5, 0.6) is 0 Å². The molecule has 0 saturated carbocycles. The molecule has 0 aliphatic rings. The highest BCUT2D eigenvalue weighted by Gasteiger charge is 2.03. The molecule has 0 unspecified atom stereocenters. The lowest BCUT2D eigenvalue weighted by atomic mass is 10.2. The van der Waals surface area contributed by atoms with Crippen molar-refractivity contribution in [2.75, 3.05) is 6.79 Å². The monoisotopic (exact) mass is 183 g/mol. The van der Waals surface area contributed by atoms with Gasteiger partial charge in [-0.25, -0.2) is 0 Å². The van der Waals surface area contributed by atoms with Gasteiger partial charge in [-0.2, -0.15) is 0 Å². The van der Waals surface area contributed by atoms with Gasteiger partial charge in [-0.05, 0) is 17.7 Å². The molecule has 13 heavy (non-hydrogen) atoms. The SMILES string of the molecule is O=[N+]([O-])c1ccc(COCO)cc1. The summed E-state index contributed by atoms with van der Waals surface area (Å²) in [5.74, 6) is 0. The first-order valence-corrected chi connectivity index (χ1v) is 3.66. The number of hydrogen-bond acceptors (Lipinski definition) is 4. The van der Waals surface area contributed by atoms with Crippen LogP contribution in [0, 0.1) is 10.1 Å². The van der Waals surface area contributed by atoms with E-state index in [-0.39, 0.29) is 19.1 Å². The van der Waals surface area contributed by atoms with Gasteiger partial charge in [0.15, 0.2) is 0 Å². The maximum atomic E-state index is 10.3. The van der Waals surface area contributed by atoms with Gasteiger partial charge in [-0.3, -0.25) is 10.1 Å². The molecule has 70 valence electrons. The molecule has 0 radical (unpaired) electrons. The molecule has 0 atom stereocenters. The molecular weight excluding hydrogens is 174 g/mol. The second-order valence-corrected chi connectivity index (χ2v) is 2.40. The second kappa shape index (κ2) is 4.54. The lowest BCUT2D eigenvalue weighted by Crippen LogP contribution is -1.94. The van der Waals surface area contributed by atoms with Gasteiger partial charge < -0.3 is 9.84 Å². The second-order valence-electron chi connectivity index (χ2n) is 2.40. The smallest absolute Gasteiger partial charge is 0.269 e. The van der Waals surface area contributed by atoms with Crippen molar-refractivity contribution in [3.63, 3.8) is 0 Å². The quantitative estimate of drug-likeness (QED) is 0.430. The molecule has 0 fully saturated rings. The number of nitro groups is 1. The summed E-state index contributed by atoms with van der Waals surface area (Å²) in [6.07, 6.45) is 0. The number of aliphatic hydroxyl groups excluding tert-OH is 1. The largest absolute Gasteiger partial charge is 0.371 e. The van der Waals surface area contributed by atoms with Crippen LogP contribution >= 0.6 is 0 Å². The minimum Gasteiger partial charge on any atom is -0.371 e. The zero-order valence-corrected chi connectivity index (χ0v) is 6.84. The number of aliphatic hydroxyl groups is 1. The summed E-state index contributed by atoms with van der Waals surface area (Å²) in [6, 6.07) is 5.98. The van der Waals surface area contributed by atoms with Crippen LogP contribution in [0.3, 0.4) is 0 Å². The van der Waals surface area contributed by atoms with Crippen LogP contribution in [0.25, 0.3) is 0 Å². The zero-order chi connectivity index (χ0) is 9.68. The van der Waals surface area contributed by atoms with Crippen LogP contribution in [0.2, 0.25) is 0 Å². The Hall–Kier alpha value is -1.46. The van der Waals surface area contributed by atoms with Crippen molar-refractivity contribution in [2.24, 2.45) is 0 Å². The number of benzene rings is 1. The molecule has 5 nitrogen and oxygen atoms in total. The Balaban J connectivity index is 2.64. The standard InChI is InChI=1S/C8H9NO4/c10-6-13-5-7-1-3-8(4-2-7)9(11)12/h1-4,10H,5-6H2. The Morgan fingerprint density at radius 1 is 1.38 bits per heavy atom. The average molecular weight is 183 g/mol. The molecule has 1 rings (SSSR count). The van der Waals surface area contributed by atoms with Crippen LogP contribution in [-0.2, 0) is 11.3 Å². The zero-order valence-electron chi connectivity index (χ0n) is 6.84. The molecule has 1 aromatic carbocycles. The summed E-state index contributed by atoms with van der Waals surface area (Å²) in [5, 5.41) is 18.6. The number of ether oxygens (including phenoxy) is 1. The van der Waals surface area contributed by atoms with E-state index in [4.69, 9.17) is 9.84 Å². The van der Waals surface area contributed by atoms with Crippen molar-refractivity contribution in [1.82, 2.24) is 0 Å². The lowest BCUT2D eigenvalue weighted by Gasteiger charge is -1.99. The maximum absolute atomic E-state index is 10.3. The topological polar surface area (TPSA) is 72.6 Å². The van der Waals surface area contributed by atoms with Crippen LogP contribution < -0.4 is 0 Å². The minimum absolute atomic E-state index is 0.0488. The Morgan fingerprint density at radius 2 is 2.00 bits per heavy atom. The van der Waals surface area contributed by atoms with E-state index >= 15 is 0 Å². The first kappa shape index (κ1) is 9.63. The highest BCUT2D eigenvalue weighted by atomic mass is 16.6. The molecule has 0 aliphatic heterocycles. The summed E-state index contributed by atoms with van der Waals surface area (Å²) >= 11 is 0. The molecule has 1 aromatic rings. The Kier molecular flexibility index (Phi) is 3.36. The predicted molar refractivity (Wildman–Crippen MR) is 45.0 cm³/mol. The number of nitro benzene ring substituents is 1. The minimum atomic E-state index is -0.462. The molecular formula is C8H9NO4. The van der Waals surface area contributed by atoms with Crippen molar-refractivity contribution in [2.45, 2.75) is 6.61 Å². The van der Waals surface area contributed by atoms with Crippen LogP contribution in [0.1, 0.15) is 5.56 Å². The van der Waals surface area contributed by atoms with Gasteiger partial charge in [0.25, 0.3) is 5.69 Å². The van der Waals surface area contributed by atoms with Crippen LogP contribution in [0.15, 0.2) is 24.3 Å². The van der Waals surface area contributed by atoms with E-state index in [1.807, 2.05) is 0 Å². The highest BCUT2D eigenvalue weighted by molar-refractivity contribution is 5.32. The normalized spacial score (nSPS) is 9.92. The Labute approximate surface area is 74.7 Å². The molecule has 0 spiro atoms. The summed E-state index contributed by atoms with van der Waals surface area (Å²) in [5.41, 5.74) is 0.840. The first-order valence-electron chi connectivity index (χ1n) is 3.66. The predicted octanol–water partition coefficient (Wildman–Crippen LogP) is 1.06. The molecule has 0 saturated heterocycles. The fourth-order valence-corrected chi connectivity index (χ4v) is 0.877. The molecule has 0 aromatic heterocycles. The van der Waals surface area contributed by atoms with Gasteiger partial charge in [-0.1, -0.05) is 0 Å². The van der Waals surface area contributed by atoms with Crippen molar-refractivity contribution in [3.05, 3.63) is 39.9 Å². The van der Waals surface area contributed by atoms with Crippen LogP contribution in [0.4, 0.5) is 5.69 Å². The molecule has 0 heterocycles.